The van der Waals surface area contributed by atoms with Crippen LogP contribution in [0.25, 0.3) is 0 Å². The van der Waals surface area contributed by atoms with Gasteiger partial charge in [0.15, 0.2) is 0 Å². The number of carbonyl (C=O) groups is 1. The number of carboxylic acids is 1. The van der Waals surface area contributed by atoms with Crippen LogP contribution >= 0.6 is 0 Å². The summed E-state index contributed by atoms with van der Waals surface area (Å²) >= 11 is 0. The number of nitrogens with zero attached hydrogens (tertiary/aromatic N) is 2. The molecule has 1 aromatic carbocycles. The summed E-state index contributed by atoms with van der Waals surface area (Å²) in [6, 6.07) is 11.0. The first-order valence-electron chi connectivity index (χ1n) is 5.50. The number of carboxylic acid groups (broad SMARTS) is 1. The Balaban J connectivity index is 2.06. The molecule has 0 bridgehead atoms. The summed E-state index contributed by atoms with van der Waals surface area (Å²) in [6.45, 7) is 0.570. The maximum absolute atomic E-state index is 11.1. The van der Waals surface area contributed by atoms with E-state index in [1.165, 1.54) is 0 Å². The molecule has 17 heavy (non-hydrogen) atoms. The van der Waals surface area contributed by atoms with Crippen LogP contribution in [-0.2, 0) is 11.3 Å². The SMILES string of the molecule is O=C([O-])C(CCn1cccn1)c1ccccc1. The molecule has 0 saturated heterocycles. The smallest absolute Gasteiger partial charge is 0.0489 e. The largest absolute Gasteiger partial charge is 0.549 e. The van der Waals surface area contributed by atoms with E-state index in [1.54, 1.807) is 10.9 Å². The van der Waals surface area contributed by atoms with Crippen LogP contribution in [0.15, 0.2) is 48.8 Å². The molecule has 1 atom stereocenters. The average molecular weight is 229 g/mol. The molecule has 0 aliphatic rings. The molecule has 0 radical (unpaired) electrons. The predicted octanol–water partition coefficient (Wildman–Crippen LogP) is 0.807. The van der Waals surface area contributed by atoms with E-state index < -0.39 is 11.9 Å². The molecule has 0 spiro atoms. The van der Waals surface area contributed by atoms with E-state index in [-0.39, 0.29) is 0 Å². The van der Waals surface area contributed by atoms with Crippen molar-refractivity contribution in [1.29, 1.82) is 0 Å². The van der Waals surface area contributed by atoms with Gasteiger partial charge < -0.3 is 9.90 Å². The first kappa shape index (κ1) is 11.4. The highest BCUT2D eigenvalue weighted by Crippen LogP contribution is 2.19. The van der Waals surface area contributed by atoms with Crippen LogP contribution in [0, 0.1) is 0 Å². The molecule has 0 aliphatic carbocycles. The molecule has 4 nitrogen and oxygen atoms in total. The normalized spacial score (nSPS) is 12.2. The van der Waals surface area contributed by atoms with Gasteiger partial charge >= 0.3 is 0 Å². The van der Waals surface area contributed by atoms with Gasteiger partial charge in [-0.3, -0.25) is 4.68 Å². The number of aromatic nitrogens is 2. The molecule has 0 amide bonds. The van der Waals surface area contributed by atoms with Crippen molar-refractivity contribution in [3.05, 3.63) is 54.4 Å². The first-order chi connectivity index (χ1) is 8.27. The van der Waals surface area contributed by atoms with E-state index in [0.717, 1.165) is 5.56 Å². The van der Waals surface area contributed by atoms with Crippen LogP contribution in [0.4, 0.5) is 0 Å². The standard InChI is InChI=1S/C13H14N2O2/c16-13(17)12(11-5-2-1-3-6-11)7-10-15-9-4-8-14-15/h1-6,8-9,12H,7,10H2,(H,16,17)/p-1. The molecule has 2 aromatic rings. The second-order valence-electron chi connectivity index (χ2n) is 3.84. The molecule has 1 heterocycles. The van der Waals surface area contributed by atoms with Gasteiger partial charge in [-0.25, -0.2) is 0 Å². The van der Waals surface area contributed by atoms with Gasteiger partial charge in [0.1, 0.15) is 0 Å². The third-order valence-corrected chi connectivity index (χ3v) is 2.69. The maximum atomic E-state index is 11.1. The average Bonchev–Trinajstić information content (AvgIpc) is 2.83. The molecule has 4 heteroatoms. The lowest BCUT2D eigenvalue weighted by Crippen LogP contribution is -2.30. The zero-order chi connectivity index (χ0) is 12.1. The number of rotatable bonds is 5. The Morgan fingerprint density at radius 1 is 1.29 bits per heavy atom. The highest BCUT2D eigenvalue weighted by molar-refractivity contribution is 5.73. The van der Waals surface area contributed by atoms with Gasteiger partial charge in [0.05, 0.1) is 0 Å². The molecule has 88 valence electrons. The van der Waals surface area contributed by atoms with Crippen molar-refractivity contribution in [3.8, 4) is 0 Å². The monoisotopic (exact) mass is 229 g/mol. The Hall–Kier alpha value is -2.10. The summed E-state index contributed by atoms with van der Waals surface area (Å²) in [7, 11) is 0. The molecule has 1 unspecified atom stereocenters. The molecule has 0 aliphatic heterocycles. The summed E-state index contributed by atoms with van der Waals surface area (Å²) in [4.78, 5) is 11.1. The van der Waals surface area contributed by atoms with Crippen molar-refractivity contribution < 1.29 is 9.90 Å². The lowest BCUT2D eigenvalue weighted by molar-refractivity contribution is -0.308. The van der Waals surface area contributed by atoms with Crippen molar-refractivity contribution in [2.75, 3.05) is 0 Å². The van der Waals surface area contributed by atoms with Crippen molar-refractivity contribution in [2.24, 2.45) is 0 Å². The van der Waals surface area contributed by atoms with Gasteiger partial charge in [-0.2, -0.15) is 5.10 Å². The molecule has 2 rings (SSSR count). The van der Waals surface area contributed by atoms with Crippen molar-refractivity contribution in [3.63, 3.8) is 0 Å². The van der Waals surface area contributed by atoms with Gasteiger partial charge in [0.2, 0.25) is 0 Å². The van der Waals surface area contributed by atoms with Gasteiger partial charge in [-0.15, -0.1) is 0 Å². The van der Waals surface area contributed by atoms with Crippen LogP contribution < -0.4 is 5.11 Å². The summed E-state index contributed by atoms with van der Waals surface area (Å²) in [5.74, 6) is -1.62. The second kappa shape index (κ2) is 5.30. The topological polar surface area (TPSA) is 57.9 Å². The lowest BCUT2D eigenvalue weighted by Gasteiger charge is -2.18. The zero-order valence-corrected chi connectivity index (χ0v) is 9.32. The summed E-state index contributed by atoms with van der Waals surface area (Å²) in [6.07, 6.45) is 3.97. The number of hydrogen-bond acceptors (Lipinski definition) is 3. The highest BCUT2D eigenvalue weighted by atomic mass is 16.4. The molecule has 0 fully saturated rings. The number of benzene rings is 1. The minimum Gasteiger partial charge on any atom is -0.549 e. The summed E-state index contributed by atoms with van der Waals surface area (Å²) in [5, 5.41) is 15.2. The van der Waals surface area contributed by atoms with E-state index in [1.807, 2.05) is 42.6 Å². The van der Waals surface area contributed by atoms with Gasteiger partial charge in [0, 0.05) is 30.8 Å². The van der Waals surface area contributed by atoms with Crippen LogP contribution in [0.1, 0.15) is 17.9 Å². The molecular formula is C13H13N2O2-. The fourth-order valence-electron chi connectivity index (χ4n) is 1.80. The number of aliphatic carboxylic acids is 1. The van der Waals surface area contributed by atoms with Crippen molar-refractivity contribution >= 4 is 5.97 Å². The molecule has 1 aromatic heterocycles. The van der Waals surface area contributed by atoms with Crippen LogP contribution in [0.2, 0.25) is 0 Å². The Labute approximate surface area is 99.5 Å². The van der Waals surface area contributed by atoms with E-state index >= 15 is 0 Å². The zero-order valence-electron chi connectivity index (χ0n) is 9.32. The van der Waals surface area contributed by atoms with Crippen molar-refractivity contribution in [2.45, 2.75) is 18.9 Å². The highest BCUT2D eigenvalue weighted by Gasteiger charge is 2.12. The third-order valence-electron chi connectivity index (χ3n) is 2.69. The van der Waals surface area contributed by atoms with E-state index in [2.05, 4.69) is 5.10 Å². The first-order valence-corrected chi connectivity index (χ1v) is 5.50. The predicted molar refractivity (Wildman–Crippen MR) is 61.0 cm³/mol. The van der Waals surface area contributed by atoms with E-state index in [4.69, 9.17) is 0 Å². The third kappa shape index (κ3) is 2.93. The molecular weight excluding hydrogens is 216 g/mol. The number of carbonyl (C=O) groups excluding carboxylic acids is 1. The van der Waals surface area contributed by atoms with Gasteiger partial charge in [-0.05, 0) is 18.1 Å². The summed E-state index contributed by atoms with van der Waals surface area (Å²) in [5.41, 5.74) is 0.777. The summed E-state index contributed by atoms with van der Waals surface area (Å²) < 4.78 is 1.72. The van der Waals surface area contributed by atoms with Gasteiger partial charge in [0.25, 0.3) is 0 Å². The minimum atomic E-state index is -1.04. The van der Waals surface area contributed by atoms with Crippen LogP contribution in [-0.4, -0.2) is 15.7 Å². The van der Waals surface area contributed by atoms with Gasteiger partial charge in [-0.1, -0.05) is 30.3 Å². The Morgan fingerprint density at radius 3 is 2.65 bits per heavy atom. The van der Waals surface area contributed by atoms with E-state index in [9.17, 15) is 9.90 Å². The lowest BCUT2D eigenvalue weighted by atomic mass is 9.96. The number of hydrogen-bond donors (Lipinski definition) is 0. The Bertz CT molecular complexity index is 465. The van der Waals surface area contributed by atoms with Crippen LogP contribution in [0.3, 0.4) is 0 Å². The van der Waals surface area contributed by atoms with Crippen molar-refractivity contribution in [1.82, 2.24) is 9.78 Å². The fraction of sp³-hybridized carbons (Fsp3) is 0.231. The number of aryl methyl sites for hydroxylation is 1. The molecule has 0 saturated carbocycles. The fourth-order valence-corrected chi connectivity index (χ4v) is 1.80. The Kier molecular flexibility index (Phi) is 3.55. The maximum Gasteiger partial charge on any atom is 0.0489 e. The van der Waals surface area contributed by atoms with E-state index in [0.29, 0.717) is 13.0 Å². The quantitative estimate of drug-likeness (QED) is 0.762. The van der Waals surface area contributed by atoms with Crippen LogP contribution in [0.5, 0.6) is 0 Å². The minimum absolute atomic E-state index is 0.480. The Morgan fingerprint density at radius 2 is 2.06 bits per heavy atom. The second-order valence-corrected chi connectivity index (χ2v) is 3.84. The molecule has 0 N–H and O–H groups in total.